The van der Waals surface area contributed by atoms with Crippen LogP contribution >= 0.6 is 11.6 Å². The summed E-state index contributed by atoms with van der Waals surface area (Å²) in [5.41, 5.74) is 2.22. The summed E-state index contributed by atoms with van der Waals surface area (Å²) in [7, 11) is 1.70. The lowest BCUT2D eigenvalue weighted by Gasteiger charge is -2.29. The van der Waals surface area contributed by atoms with E-state index in [9.17, 15) is 9.59 Å². The zero-order valence-corrected chi connectivity index (χ0v) is 21.0. The first-order chi connectivity index (χ1) is 17.4. The summed E-state index contributed by atoms with van der Waals surface area (Å²) in [5, 5.41) is 12.7. The third-order valence-electron chi connectivity index (χ3n) is 7.49. The number of ether oxygens (including phenoxy) is 1. The number of halogens is 1. The Morgan fingerprint density at radius 1 is 1.17 bits per heavy atom. The van der Waals surface area contributed by atoms with Gasteiger partial charge in [0, 0.05) is 24.3 Å². The van der Waals surface area contributed by atoms with Crippen molar-refractivity contribution in [3.8, 4) is 5.75 Å². The van der Waals surface area contributed by atoms with Crippen LogP contribution in [0.25, 0.3) is 0 Å². The fourth-order valence-corrected chi connectivity index (χ4v) is 5.59. The molecule has 6 rings (SSSR count). The molecule has 3 aliphatic rings. The highest BCUT2D eigenvalue weighted by Crippen LogP contribution is 2.52. The van der Waals surface area contributed by atoms with Gasteiger partial charge in [-0.05, 0) is 68.5 Å². The monoisotopic (exact) mass is 506 g/mol. The molecule has 3 aromatic rings. The van der Waals surface area contributed by atoms with Crippen LogP contribution in [0.3, 0.4) is 0 Å². The van der Waals surface area contributed by atoms with E-state index in [4.69, 9.17) is 16.3 Å². The molecule has 10 heteroatoms. The van der Waals surface area contributed by atoms with Crippen LogP contribution in [0.4, 0.5) is 16.2 Å². The molecule has 1 N–H and O–H groups in total. The number of nitrogens with zero attached hydrogens (tertiary/aromatic N) is 5. The minimum Gasteiger partial charge on any atom is -0.482 e. The Morgan fingerprint density at radius 2 is 1.94 bits per heavy atom. The number of aromatic nitrogens is 3. The smallest absolute Gasteiger partial charge is 0.322 e. The predicted octanol–water partition coefficient (Wildman–Crippen LogP) is 4.50. The number of benzene rings is 2. The van der Waals surface area contributed by atoms with Crippen LogP contribution in [-0.2, 0) is 10.3 Å². The standard InChI is InChI=1S/C26H27ClN6O3/c1-16-29-30-24(33(16)26(11-12-26)17-5-7-18(27)8-6-17)20-4-3-13-32(20)25(35)28-19-9-10-22-21(14-19)31(2)23(34)15-36-22/h5-10,14,20H,3-4,11-13,15H2,1-2H3,(H,28,35)/t20-/m1/s1. The maximum atomic E-state index is 13.4. The number of amides is 3. The van der Waals surface area contributed by atoms with E-state index in [2.05, 4.69) is 32.2 Å². The van der Waals surface area contributed by atoms with Crippen molar-refractivity contribution in [2.75, 3.05) is 30.4 Å². The van der Waals surface area contributed by atoms with Gasteiger partial charge in [-0.15, -0.1) is 10.2 Å². The number of aryl methyl sites for hydroxylation is 1. The number of likely N-dealkylation sites (N-methyl/N-ethyl adjacent to an activating group) is 1. The van der Waals surface area contributed by atoms with E-state index >= 15 is 0 Å². The number of hydrogen-bond donors (Lipinski definition) is 1. The maximum absolute atomic E-state index is 13.4. The molecule has 0 radical (unpaired) electrons. The Balaban J connectivity index is 1.27. The second-order valence-corrected chi connectivity index (χ2v) is 10.1. The van der Waals surface area contributed by atoms with Crippen LogP contribution in [0, 0.1) is 6.92 Å². The minimum atomic E-state index is -0.202. The molecule has 1 aliphatic carbocycles. The summed E-state index contributed by atoms with van der Waals surface area (Å²) in [5.74, 6) is 2.15. The van der Waals surface area contributed by atoms with Gasteiger partial charge in [-0.1, -0.05) is 23.7 Å². The average Bonchev–Trinajstić information content (AvgIpc) is 3.33. The maximum Gasteiger partial charge on any atom is 0.322 e. The lowest BCUT2D eigenvalue weighted by Crippen LogP contribution is -2.37. The highest BCUT2D eigenvalue weighted by Gasteiger charge is 2.50. The molecule has 0 spiro atoms. The highest BCUT2D eigenvalue weighted by atomic mass is 35.5. The largest absolute Gasteiger partial charge is 0.482 e. The van der Waals surface area contributed by atoms with Gasteiger partial charge >= 0.3 is 6.03 Å². The summed E-state index contributed by atoms with van der Waals surface area (Å²) in [4.78, 5) is 28.8. The van der Waals surface area contributed by atoms with Crippen molar-refractivity contribution in [1.82, 2.24) is 19.7 Å². The number of carbonyl (C=O) groups excluding carboxylic acids is 2. The fourth-order valence-electron chi connectivity index (χ4n) is 5.47. The van der Waals surface area contributed by atoms with Crippen LogP contribution in [0.2, 0.25) is 5.02 Å². The average molecular weight is 507 g/mol. The van der Waals surface area contributed by atoms with Gasteiger partial charge in [0.1, 0.15) is 11.6 Å². The summed E-state index contributed by atoms with van der Waals surface area (Å²) in [6.45, 7) is 2.61. The van der Waals surface area contributed by atoms with Crippen molar-refractivity contribution in [2.24, 2.45) is 0 Å². The number of carbonyl (C=O) groups is 2. The summed E-state index contributed by atoms with van der Waals surface area (Å²) in [6.07, 6.45) is 3.68. The Bertz CT molecular complexity index is 1350. The molecule has 2 aromatic carbocycles. The molecule has 36 heavy (non-hydrogen) atoms. The number of fused-ring (bicyclic) bond motifs is 1. The van der Waals surface area contributed by atoms with E-state index in [0.29, 0.717) is 28.7 Å². The number of hydrogen-bond acceptors (Lipinski definition) is 5. The van der Waals surface area contributed by atoms with Crippen LogP contribution < -0.4 is 15.0 Å². The van der Waals surface area contributed by atoms with Crippen LogP contribution in [0.1, 0.15) is 48.9 Å². The third kappa shape index (κ3) is 3.69. The highest BCUT2D eigenvalue weighted by molar-refractivity contribution is 6.30. The van der Waals surface area contributed by atoms with E-state index in [1.54, 1.807) is 30.1 Å². The lowest BCUT2D eigenvalue weighted by atomic mass is 10.0. The van der Waals surface area contributed by atoms with E-state index in [0.717, 1.165) is 37.3 Å². The van der Waals surface area contributed by atoms with Crippen LogP contribution in [0.15, 0.2) is 42.5 Å². The first-order valence-electron chi connectivity index (χ1n) is 12.2. The molecule has 9 nitrogen and oxygen atoms in total. The molecule has 2 aliphatic heterocycles. The number of nitrogens with one attached hydrogen (secondary N) is 1. The molecule has 186 valence electrons. The van der Waals surface area contributed by atoms with Gasteiger partial charge in [-0.25, -0.2) is 4.79 Å². The normalized spacial score (nSPS) is 20.2. The fraction of sp³-hybridized carbons (Fsp3) is 0.385. The lowest BCUT2D eigenvalue weighted by molar-refractivity contribution is -0.120. The molecular formula is C26H27ClN6O3. The van der Waals surface area contributed by atoms with Crippen molar-refractivity contribution in [1.29, 1.82) is 0 Å². The van der Waals surface area contributed by atoms with Gasteiger partial charge in [0.15, 0.2) is 12.4 Å². The third-order valence-corrected chi connectivity index (χ3v) is 7.74. The second kappa shape index (κ2) is 8.51. The zero-order chi connectivity index (χ0) is 25.0. The molecule has 3 amide bonds. The number of likely N-dealkylation sites (tertiary alicyclic amines) is 1. The van der Waals surface area contributed by atoms with Gasteiger partial charge in [0.25, 0.3) is 5.91 Å². The van der Waals surface area contributed by atoms with Crippen molar-refractivity contribution in [2.45, 2.75) is 44.2 Å². The van der Waals surface area contributed by atoms with Gasteiger partial charge in [-0.2, -0.15) is 0 Å². The Hall–Kier alpha value is -3.59. The van der Waals surface area contributed by atoms with Gasteiger partial charge < -0.3 is 24.4 Å². The van der Waals surface area contributed by atoms with Crippen molar-refractivity contribution in [3.05, 3.63) is 64.7 Å². The van der Waals surface area contributed by atoms with Gasteiger partial charge in [0.05, 0.1) is 17.3 Å². The van der Waals surface area contributed by atoms with Crippen LogP contribution in [0.5, 0.6) is 5.75 Å². The molecule has 0 unspecified atom stereocenters. The Kier molecular flexibility index (Phi) is 5.40. The second-order valence-electron chi connectivity index (χ2n) is 9.68. The first kappa shape index (κ1) is 22.8. The topological polar surface area (TPSA) is 92.6 Å². The van der Waals surface area contributed by atoms with E-state index in [1.165, 1.54) is 5.56 Å². The predicted molar refractivity (Wildman–Crippen MR) is 136 cm³/mol. The molecule has 1 aromatic heterocycles. The van der Waals surface area contributed by atoms with E-state index in [1.807, 2.05) is 24.0 Å². The quantitative estimate of drug-likeness (QED) is 0.562. The summed E-state index contributed by atoms with van der Waals surface area (Å²) < 4.78 is 7.72. The summed E-state index contributed by atoms with van der Waals surface area (Å²) >= 11 is 6.14. The first-order valence-corrected chi connectivity index (χ1v) is 12.5. The van der Waals surface area contributed by atoms with Crippen molar-refractivity contribution >= 4 is 34.9 Å². The molecule has 1 saturated heterocycles. The molecular weight excluding hydrogens is 480 g/mol. The SMILES string of the molecule is Cc1nnc([C@H]2CCCN2C(=O)Nc2ccc3c(c2)N(C)C(=O)CO3)n1C1(c2ccc(Cl)cc2)CC1. The number of urea groups is 1. The Labute approximate surface area is 214 Å². The number of anilines is 2. The zero-order valence-electron chi connectivity index (χ0n) is 20.2. The summed E-state index contributed by atoms with van der Waals surface area (Å²) in [6, 6.07) is 12.9. The molecule has 1 saturated carbocycles. The van der Waals surface area contributed by atoms with E-state index in [-0.39, 0.29) is 30.1 Å². The van der Waals surface area contributed by atoms with Gasteiger partial charge in [-0.3, -0.25) is 4.79 Å². The van der Waals surface area contributed by atoms with Gasteiger partial charge in [0.2, 0.25) is 0 Å². The van der Waals surface area contributed by atoms with Crippen molar-refractivity contribution in [3.63, 3.8) is 0 Å². The number of rotatable bonds is 4. The molecule has 3 heterocycles. The molecule has 0 bridgehead atoms. The minimum absolute atomic E-state index is 0.0161. The Morgan fingerprint density at radius 3 is 2.69 bits per heavy atom. The van der Waals surface area contributed by atoms with E-state index < -0.39 is 0 Å². The van der Waals surface area contributed by atoms with Crippen LogP contribution in [-0.4, -0.2) is 51.8 Å². The molecule has 2 fully saturated rings. The van der Waals surface area contributed by atoms with Crippen molar-refractivity contribution < 1.29 is 14.3 Å². The molecule has 1 atom stereocenters.